The normalized spacial score (nSPS) is 26.9. The summed E-state index contributed by atoms with van der Waals surface area (Å²) in [5, 5.41) is 0. The van der Waals surface area contributed by atoms with E-state index in [1.807, 2.05) is 0 Å². The van der Waals surface area contributed by atoms with Gasteiger partial charge < -0.3 is 4.74 Å². The fourth-order valence-corrected chi connectivity index (χ4v) is 3.85. The Bertz CT molecular complexity index is 376. The van der Waals surface area contributed by atoms with Gasteiger partial charge in [0.1, 0.15) is 0 Å². The van der Waals surface area contributed by atoms with Crippen LogP contribution in [0.5, 0.6) is 0 Å². The molecule has 1 nitrogen and oxygen atoms in total. The summed E-state index contributed by atoms with van der Waals surface area (Å²) in [5.41, 5.74) is 1.51. The lowest BCUT2D eigenvalue weighted by Crippen LogP contribution is -2.25. The fraction of sp³-hybridized carbons (Fsp3) is 0.667. The maximum absolute atomic E-state index is 5.77. The molecule has 20 heavy (non-hydrogen) atoms. The molecule has 2 rings (SSSR count). The number of hydrogen-bond donors (Lipinski definition) is 0. The fourth-order valence-electron chi connectivity index (χ4n) is 3.11. The van der Waals surface area contributed by atoms with Crippen molar-refractivity contribution in [1.29, 1.82) is 0 Å². The first kappa shape index (κ1) is 16.0. The van der Waals surface area contributed by atoms with Gasteiger partial charge in [-0.15, -0.1) is 0 Å². The van der Waals surface area contributed by atoms with Crippen molar-refractivity contribution < 1.29 is 4.74 Å². The molecule has 0 heterocycles. The Morgan fingerprint density at radius 1 is 1.20 bits per heavy atom. The van der Waals surface area contributed by atoms with Crippen LogP contribution in [0, 0.1) is 11.8 Å². The first-order valence-corrected chi connectivity index (χ1v) is 8.85. The molecule has 0 radical (unpaired) electrons. The summed E-state index contributed by atoms with van der Waals surface area (Å²) in [4.78, 5) is 0.671. The van der Waals surface area contributed by atoms with Crippen molar-refractivity contribution in [3.8, 4) is 0 Å². The molecular formula is C18H27BrO. The predicted molar refractivity (Wildman–Crippen MR) is 89.5 cm³/mol. The molecule has 1 fully saturated rings. The molecule has 1 saturated carbocycles. The van der Waals surface area contributed by atoms with Crippen LogP contribution in [0.25, 0.3) is 0 Å². The van der Waals surface area contributed by atoms with Gasteiger partial charge >= 0.3 is 0 Å². The predicted octanol–water partition coefficient (Wildman–Crippen LogP) is 5.40. The van der Waals surface area contributed by atoms with E-state index < -0.39 is 0 Å². The third-order valence-electron chi connectivity index (χ3n) is 4.24. The molecule has 0 spiro atoms. The third kappa shape index (κ3) is 4.89. The van der Waals surface area contributed by atoms with Crippen LogP contribution in [0.15, 0.2) is 30.3 Å². The minimum Gasteiger partial charge on any atom is -0.381 e. The molecule has 0 aliphatic heterocycles. The van der Waals surface area contributed by atoms with Gasteiger partial charge in [-0.3, -0.25) is 0 Å². The Kier molecular flexibility index (Phi) is 6.57. The Morgan fingerprint density at radius 2 is 1.95 bits per heavy atom. The second kappa shape index (κ2) is 8.19. The summed E-state index contributed by atoms with van der Waals surface area (Å²) in [5.74, 6) is 2.12. The van der Waals surface area contributed by atoms with Crippen molar-refractivity contribution in [3.05, 3.63) is 35.9 Å². The zero-order chi connectivity index (χ0) is 14.4. The average molecular weight is 339 g/mol. The minimum absolute atomic E-state index is 0.637. The van der Waals surface area contributed by atoms with Crippen molar-refractivity contribution in [2.45, 2.75) is 50.3 Å². The highest BCUT2D eigenvalue weighted by Crippen LogP contribution is 2.40. The van der Waals surface area contributed by atoms with Gasteiger partial charge in [0.25, 0.3) is 0 Å². The molecule has 0 amide bonds. The monoisotopic (exact) mass is 338 g/mol. The van der Waals surface area contributed by atoms with E-state index in [4.69, 9.17) is 4.74 Å². The molecule has 1 aromatic carbocycles. The number of alkyl halides is 1. The highest BCUT2D eigenvalue weighted by Gasteiger charge is 2.29. The Hall–Kier alpha value is -0.340. The molecule has 2 heteroatoms. The maximum Gasteiger partial charge on any atom is 0.0488 e. The number of ether oxygens (including phenoxy) is 1. The summed E-state index contributed by atoms with van der Waals surface area (Å²) in [6.07, 6.45) is 5.08. The van der Waals surface area contributed by atoms with E-state index in [-0.39, 0.29) is 0 Å². The van der Waals surface area contributed by atoms with Crippen molar-refractivity contribution in [2.24, 2.45) is 11.8 Å². The third-order valence-corrected chi connectivity index (χ3v) is 5.45. The Balaban J connectivity index is 1.82. The summed E-state index contributed by atoms with van der Waals surface area (Å²) < 4.78 is 5.77. The highest BCUT2D eigenvalue weighted by atomic mass is 79.9. The molecule has 112 valence electrons. The summed E-state index contributed by atoms with van der Waals surface area (Å²) in [6.45, 7) is 6.22. The smallest absolute Gasteiger partial charge is 0.0488 e. The van der Waals surface area contributed by atoms with E-state index in [0.717, 1.165) is 25.0 Å². The van der Waals surface area contributed by atoms with Crippen LogP contribution < -0.4 is 0 Å². The molecule has 3 unspecified atom stereocenters. The van der Waals surface area contributed by atoms with Crippen molar-refractivity contribution in [2.75, 3.05) is 13.2 Å². The van der Waals surface area contributed by atoms with Crippen molar-refractivity contribution >= 4 is 15.9 Å². The molecule has 1 aromatic rings. The van der Waals surface area contributed by atoms with Crippen LogP contribution in [0.4, 0.5) is 0 Å². The number of rotatable bonds is 6. The standard InChI is InChI=1S/C18H27BrO/c1-14(2)13-20-11-10-17-12-16(8-9-18(17)19)15-6-4-3-5-7-15/h3-7,14,16-18H,8-13H2,1-2H3. The first-order valence-electron chi connectivity index (χ1n) is 7.93. The maximum atomic E-state index is 5.77. The van der Waals surface area contributed by atoms with Gasteiger partial charge in [0.05, 0.1) is 0 Å². The molecule has 3 atom stereocenters. The topological polar surface area (TPSA) is 9.23 Å². The largest absolute Gasteiger partial charge is 0.381 e. The van der Waals surface area contributed by atoms with E-state index in [1.165, 1.54) is 31.2 Å². The summed E-state index contributed by atoms with van der Waals surface area (Å²) in [7, 11) is 0. The van der Waals surface area contributed by atoms with Crippen molar-refractivity contribution in [3.63, 3.8) is 0 Å². The van der Waals surface area contributed by atoms with Crippen LogP contribution in [0.3, 0.4) is 0 Å². The SMILES string of the molecule is CC(C)COCCC1CC(c2ccccc2)CCC1Br. The van der Waals surface area contributed by atoms with Gasteiger partial charge in [-0.25, -0.2) is 0 Å². The van der Waals surface area contributed by atoms with Crippen LogP contribution in [-0.2, 0) is 4.74 Å². The average Bonchev–Trinajstić information content (AvgIpc) is 2.46. The Labute approximate surface area is 132 Å². The molecule has 0 aromatic heterocycles. The molecule has 0 saturated heterocycles. The van der Waals surface area contributed by atoms with E-state index in [0.29, 0.717) is 10.7 Å². The zero-order valence-electron chi connectivity index (χ0n) is 12.7. The van der Waals surface area contributed by atoms with Crippen LogP contribution in [0.1, 0.15) is 51.0 Å². The second-order valence-corrected chi connectivity index (χ2v) is 7.63. The van der Waals surface area contributed by atoms with Gasteiger partial charge in [-0.2, -0.15) is 0 Å². The highest BCUT2D eigenvalue weighted by molar-refractivity contribution is 9.09. The minimum atomic E-state index is 0.637. The van der Waals surface area contributed by atoms with Gasteiger partial charge in [0.15, 0.2) is 0 Å². The molecule has 0 N–H and O–H groups in total. The molecule has 1 aliphatic rings. The number of halogens is 1. The summed E-state index contributed by atoms with van der Waals surface area (Å²) in [6, 6.07) is 11.0. The first-order chi connectivity index (χ1) is 9.66. The van der Waals surface area contributed by atoms with Gasteiger partial charge in [-0.05, 0) is 49.0 Å². The molecule has 0 bridgehead atoms. The number of hydrogen-bond acceptors (Lipinski definition) is 1. The van der Waals surface area contributed by atoms with Gasteiger partial charge in [0, 0.05) is 18.0 Å². The van der Waals surface area contributed by atoms with Crippen LogP contribution >= 0.6 is 15.9 Å². The van der Waals surface area contributed by atoms with Crippen LogP contribution in [-0.4, -0.2) is 18.0 Å². The van der Waals surface area contributed by atoms with Gasteiger partial charge in [-0.1, -0.05) is 60.1 Å². The quantitative estimate of drug-likeness (QED) is 0.498. The lowest BCUT2D eigenvalue weighted by molar-refractivity contribution is 0.0930. The lowest BCUT2D eigenvalue weighted by atomic mass is 9.77. The van der Waals surface area contributed by atoms with Gasteiger partial charge in [0.2, 0.25) is 0 Å². The Morgan fingerprint density at radius 3 is 2.65 bits per heavy atom. The van der Waals surface area contributed by atoms with E-state index in [9.17, 15) is 0 Å². The second-order valence-electron chi connectivity index (χ2n) is 6.45. The van der Waals surface area contributed by atoms with E-state index in [1.54, 1.807) is 0 Å². The van der Waals surface area contributed by atoms with E-state index in [2.05, 4.69) is 60.1 Å². The zero-order valence-corrected chi connectivity index (χ0v) is 14.3. The molecule has 1 aliphatic carbocycles. The summed E-state index contributed by atoms with van der Waals surface area (Å²) >= 11 is 3.88. The van der Waals surface area contributed by atoms with Crippen molar-refractivity contribution in [1.82, 2.24) is 0 Å². The van der Waals surface area contributed by atoms with Crippen LogP contribution in [0.2, 0.25) is 0 Å². The molecular weight excluding hydrogens is 312 g/mol. The lowest BCUT2D eigenvalue weighted by Gasteiger charge is -2.33. The van der Waals surface area contributed by atoms with E-state index >= 15 is 0 Å². The number of benzene rings is 1.